The van der Waals surface area contributed by atoms with Crippen molar-refractivity contribution in [2.75, 3.05) is 13.1 Å². The zero-order valence-corrected chi connectivity index (χ0v) is 16.4. The highest BCUT2D eigenvalue weighted by Gasteiger charge is 2.33. The molecular weight excluding hydrogens is 354 g/mol. The predicted octanol–water partition coefficient (Wildman–Crippen LogP) is 2.15. The van der Waals surface area contributed by atoms with Crippen molar-refractivity contribution in [3.05, 3.63) is 33.2 Å². The number of pyridine rings is 1. The van der Waals surface area contributed by atoms with Gasteiger partial charge in [-0.15, -0.1) is 12.4 Å². The van der Waals surface area contributed by atoms with Crippen LogP contribution in [0.1, 0.15) is 66.4 Å². The number of amides is 1. The van der Waals surface area contributed by atoms with Crippen molar-refractivity contribution in [3.8, 4) is 0 Å². The fourth-order valence-corrected chi connectivity index (χ4v) is 3.99. The Kier molecular flexibility index (Phi) is 5.98. The Morgan fingerprint density at radius 2 is 1.88 bits per heavy atom. The van der Waals surface area contributed by atoms with Gasteiger partial charge in [0, 0.05) is 36.8 Å². The second kappa shape index (κ2) is 7.53. The Balaban J connectivity index is 0.00000243. The van der Waals surface area contributed by atoms with E-state index in [1.165, 1.54) is 6.07 Å². The number of H-pyrrole nitrogens is 1. The normalized spacial score (nSPS) is 20.9. The number of likely N-dealkylation sites (tertiary alicyclic amines) is 1. The molecule has 0 aromatic carbocycles. The van der Waals surface area contributed by atoms with Gasteiger partial charge < -0.3 is 15.6 Å². The molecule has 1 fully saturated rings. The van der Waals surface area contributed by atoms with Crippen LogP contribution in [0.2, 0.25) is 0 Å². The van der Waals surface area contributed by atoms with Crippen LogP contribution in [-0.4, -0.2) is 40.7 Å². The molecule has 1 saturated heterocycles. The molecule has 0 bridgehead atoms. The molecule has 1 aromatic rings. The van der Waals surface area contributed by atoms with Crippen molar-refractivity contribution in [2.45, 2.75) is 52.5 Å². The van der Waals surface area contributed by atoms with E-state index in [-0.39, 0.29) is 41.1 Å². The Bertz CT molecular complexity index is 762. The number of aromatic amines is 1. The van der Waals surface area contributed by atoms with Crippen LogP contribution in [0.25, 0.3) is 0 Å². The molecule has 2 heterocycles. The number of carbonyl (C=O) groups excluding carboxylic acids is 2. The maximum Gasteiger partial charge on any atom is 0.261 e. The summed E-state index contributed by atoms with van der Waals surface area (Å²) in [5, 5.41) is 0. The summed E-state index contributed by atoms with van der Waals surface area (Å²) in [4.78, 5) is 42.1. The summed E-state index contributed by atoms with van der Waals surface area (Å²) in [6, 6.07) is 1.62. The first-order valence-electron chi connectivity index (χ1n) is 9.02. The van der Waals surface area contributed by atoms with Crippen LogP contribution in [0.4, 0.5) is 0 Å². The maximum absolute atomic E-state index is 12.8. The number of aromatic nitrogens is 1. The van der Waals surface area contributed by atoms with Crippen LogP contribution in [0.3, 0.4) is 0 Å². The molecule has 3 N–H and O–H groups in total. The van der Waals surface area contributed by atoms with Gasteiger partial charge >= 0.3 is 0 Å². The first-order chi connectivity index (χ1) is 11.7. The molecule has 0 saturated carbocycles. The van der Waals surface area contributed by atoms with Crippen molar-refractivity contribution in [1.29, 1.82) is 0 Å². The van der Waals surface area contributed by atoms with Gasteiger partial charge in [-0.2, -0.15) is 0 Å². The van der Waals surface area contributed by atoms with Crippen molar-refractivity contribution < 1.29 is 9.59 Å². The Labute approximate surface area is 159 Å². The van der Waals surface area contributed by atoms with Crippen LogP contribution in [0, 0.1) is 11.3 Å². The summed E-state index contributed by atoms with van der Waals surface area (Å²) in [6.07, 6.45) is 2.76. The summed E-state index contributed by atoms with van der Waals surface area (Å²) >= 11 is 0. The summed E-state index contributed by atoms with van der Waals surface area (Å²) < 4.78 is 0. The summed E-state index contributed by atoms with van der Waals surface area (Å²) in [5.41, 5.74) is 6.59. The molecule has 2 aliphatic rings. The third-order valence-electron chi connectivity index (χ3n) is 5.52. The quantitative estimate of drug-likeness (QED) is 0.820. The standard InChI is InChI=1S/C19H27N3O3.ClH/c1-11(20)12-4-6-22(7-5-12)18(25)14-8-13-15(21-17(14)24)9-19(2,3)10-16(13)23;/h8,11-12H,4-7,9-10,20H2,1-3H3,(H,21,24);1H. The van der Waals surface area contributed by atoms with E-state index in [1.54, 1.807) is 4.90 Å². The fourth-order valence-electron chi connectivity index (χ4n) is 3.99. The minimum atomic E-state index is -0.399. The number of nitrogens with zero attached hydrogens (tertiary/aromatic N) is 1. The highest BCUT2D eigenvalue weighted by Crippen LogP contribution is 2.33. The lowest BCUT2D eigenvalue weighted by atomic mass is 9.75. The Morgan fingerprint density at radius 3 is 2.46 bits per heavy atom. The van der Waals surface area contributed by atoms with E-state index in [0.29, 0.717) is 43.1 Å². The minimum absolute atomic E-state index is 0. The smallest absolute Gasteiger partial charge is 0.261 e. The largest absolute Gasteiger partial charge is 0.338 e. The molecular formula is C19H28ClN3O3. The number of halogens is 1. The third kappa shape index (κ3) is 4.01. The lowest BCUT2D eigenvalue weighted by Gasteiger charge is -2.34. The van der Waals surface area contributed by atoms with E-state index >= 15 is 0 Å². The molecule has 1 atom stereocenters. The number of rotatable bonds is 2. The minimum Gasteiger partial charge on any atom is -0.338 e. The maximum atomic E-state index is 12.8. The average Bonchev–Trinajstić information content (AvgIpc) is 2.52. The highest BCUT2D eigenvalue weighted by atomic mass is 35.5. The van der Waals surface area contributed by atoms with Gasteiger partial charge in [-0.3, -0.25) is 14.4 Å². The van der Waals surface area contributed by atoms with Crippen LogP contribution >= 0.6 is 12.4 Å². The summed E-state index contributed by atoms with van der Waals surface area (Å²) in [6.45, 7) is 7.20. The van der Waals surface area contributed by atoms with Gasteiger partial charge in [-0.25, -0.2) is 0 Å². The topological polar surface area (TPSA) is 96.3 Å². The van der Waals surface area contributed by atoms with E-state index in [1.807, 2.05) is 20.8 Å². The molecule has 0 radical (unpaired) electrons. The number of carbonyl (C=O) groups is 2. The first kappa shape index (κ1) is 20.6. The molecule has 1 aromatic heterocycles. The van der Waals surface area contributed by atoms with Crippen molar-refractivity contribution >= 4 is 24.1 Å². The Hall–Kier alpha value is -1.66. The highest BCUT2D eigenvalue weighted by molar-refractivity contribution is 6.02. The van der Waals surface area contributed by atoms with E-state index < -0.39 is 5.56 Å². The van der Waals surface area contributed by atoms with Gasteiger partial charge in [-0.05, 0) is 43.6 Å². The number of hydrogen-bond donors (Lipinski definition) is 2. The number of ketones is 1. The molecule has 0 spiro atoms. The number of Topliss-reactive ketones (excluding diaryl/α,β-unsaturated/α-hetero) is 1. The summed E-state index contributed by atoms with van der Waals surface area (Å²) in [5.74, 6) is 0.117. The molecule has 26 heavy (non-hydrogen) atoms. The second-order valence-electron chi connectivity index (χ2n) is 8.33. The van der Waals surface area contributed by atoms with E-state index in [9.17, 15) is 14.4 Å². The average molecular weight is 382 g/mol. The van der Waals surface area contributed by atoms with Crippen molar-refractivity contribution in [1.82, 2.24) is 9.88 Å². The number of fused-ring (bicyclic) bond motifs is 1. The Morgan fingerprint density at radius 1 is 1.27 bits per heavy atom. The number of piperidine rings is 1. The molecule has 144 valence electrons. The van der Waals surface area contributed by atoms with Gasteiger partial charge in [0.2, 0.25) is 0 Å². The molecule has 1 unspecified atom stereocenters. The van der Waals surface area contributed by atoms with Crippen LogP contribution in [0.15, 0.2) is 10.9 Å². The van der Waals surface area contributed by atoms with E-state index in [4.69, 9.17) is 5.73 Å². The fraction of sp³-hybridized carbons (Fsp3) is 0.632. The molecule has 1 amide bonds. The van der Waals surface area contributed by atoms with Gasteiger partial charge in [0.1, 0.15) is 5.56 Å². The van der Waals surface area contributed by atoms with Gasteiger partial charge in [0.15, 0.2) is 5.78 Å². The SMILES string of the molecule is CC(N)C1CCN(C(=O)c2cc3c([nH]c2=O)CC(C)(C)CC3=O)CC1.Cl. The monoisotopic (exact) mass is 381 g/mol. The third-order valence-corrected chi connectivity index (χ3v) is 5.52. The molecule has 1 aliphatic carbocycles. The van der Waals surface area contributed by atoms with E-state index in [2.05, 4.69) is 4.98 Å². The lowest BCUT2D eigenvalue weighted by molar-refractivity contribution is 0.0679. The van der Waals surface area contributed by atoms with Gasteiger partial charge in [0.05, 0.1) is 0 Å². The van der Waals surface area contributed by atoms with Crippen LogP contribution in [0.5, 0.6) is 0 Å². The van der Waals surface area contributed by atoms with Crippen LogP contribution < -0.4 is 11.3 Å². The molecule has 1 aliphatic heterocycles. The summed E-state index contributed by atoms with van der Waals surface area (Å²) in [7, 11) is 0. The number of nitrogens with one attached hydrogen (secondary N) is 1. The number of hydrogen-bond acceptors (Lipinski definition) is 4. The molecule has 3 rings (SSSR count). The predicted molar refractivity (Wildman–Crippen MR) is 103 cm³/mol. The first-order valence-corrected chi connectivity index (χ1v) is 9.02. The molecule has 7 heteroatoms. The van der Waals surface area contributed by atoms with E-state index in [0.717, 1.165) is 12.8 Å². The van der Waals surface area contributed by atoms with Crippen molar-refractivity contribution in [2.24, 2.45) is 17.1 Å². The second-order valence-corrected chi connectivity index (χ2v) is 8.33. The van der Waals surface area contributed by atoms with Crippen LogP contribution in [-0.2, 0) is 6.42 Å². The van der Waals surface area contributed by atoms with Gasteiger partial charge in [-0.1, -0.05) is 13.8 Å². The zero-order valence-electron chi connectivity index (χ0n) is 15.6. The molecule has 6 nitrogen and oxygen atoms in total. The lowest BCUT2D eigenvalue weighted by Crippen LogP contribution is -2.44. The van der Waals surface area contributed by atoms with Gasteiger partial charge in [0.25, 0.3) is 11.5 Å². The zero-order chi connectivity index (χ0) is 18.4. The number of nitrogens with two attached hydrogens (primary N) is 1. The van der Waals surface area contributed by atoms with Crippen molar-refractivity contribution in [3.63, 3.8) is 0 Å².